The van der Waals surface area contributed by atoms with E-state index in [-0.39, 0.29) is 6.79 Å². The first-order chi connectivity index (χ1) is 10.6. The third kappa shape index (κ3) is 3.76. The van der Waals surface area contributed by atoms with Crippen molar-refractivity contribution in [2.75, 3.05) is 20.2 Å². The van der Waals surface area contributed by atoms with E-state index in [1.807, 2.05) is 25.3 Å². The van der Waals surface area contributed by atoms with Gasteiger partial charge in [-0.25, -0.2) is 0 Å². The molecule has 0 aliphatic heterocycles. The topological polar surface area (TPSA) is 38.7 Å². The maximum Gasteiger partial charge on any atom is 0.188 e. The van der Waals surface area contributed by atoms with E-state index in [4.69, 9.17) is 9.47 Å². The molecule has 0 amide bonds. The lowest BCUT2D eigenvalue weighted by molar-refractivity contribution is 0.0491. The standard InChI is InChI=1S/C18H22O3S/c1-12-13(2)16(19)7-6-15(12)9-14-5-8-17(21-11-20-3)18(10-14)22-4/h5-8,10,19H,9,11H2,1-4H3. The first-order valence-corrected chi connectivity index (χ1v) is 8.36. The second-order valence-electron chi connectivity index (χ2n) is 5.21. The van der Waals surface area contributed by atoms with Crippen molar-refractivity contribution < 1.29 is 14.6 Å². The lowest BCUT2D eigenvalue weighted by atomic mass is 9.97. The minimum atomic E-state index is 0.253. The van der Waals surface area contributed by atoms with Gasteiger partial charge in [-0.3, -0.25) is 0 Å². The second kappa shape index (κ2) is 7.56. The van der Waals surface area contributed by atoms with Crippen LogP contribution in [-0.2, 0) is 11.2 Å². The van der Waals surface area contributed by atoms with Gasteiger partial charge in [-0.15, -0.1) is 11.8 Å². The van der Waals surface area contributed by atoms with Crippen molar-refractivity contribution in [3.8, 4) is 11.5 Å². The van der Waals surface area contributed by atoms with E-state index in [0.29, 0.717) is 5.75 Å². The molecule has 0 spiro atoms. The molecule has 0 aromatic heterocycles. The van der Waals surface area contributed by atoms with Gasteiger partial charge >= 0.3 is 0 Å². The number of thioether (sulfide) groups is 1. The molecule has 4 heteroatoms. The summed E-state index contributed by atoms with van der Waals surface area (Å²) in [6.45, 7) is 4.25. The van der Waals surface area contributed by atoms with Crippen LogP contribution >= 0.6 is 11.8 Å². The number of benzene rings is 2. The summed E-state index contributed by atoms with van der Waals surface area (Å²) in [4.78, 5) is 1.10. The highest BCUT2D eigenvalue weighted by Crippen LogP contribution is 2.31. The van der Waals surface area contributed by atoms with Gasteiger partial charge in [-0.1, -0.05) is 12.1 Å². The molecule has 0 bridgehead atoms. The largest absolute Gasteiger partial charge is 0.508 e. The van der Waals surface area contributed by atoms with Crippen LogP contribution in [0.1, 0.15) is 22.3 Å². The van der Waals surface area contributed by atoms with Crippen LogP contribution in [0.25, 0.3) is 0 Å². The third-order valence-electron chi connectivity index (χ3n) is 3.83. The molecule has 22 heavy (non-hydrogen) atoms. The van der Waals surface area contributed by atoms with E-state index in [1.54, 1.807) is 24.9 Å². The minimum Gasteiger partial charge on any atom is -0.508 e. The van der Waals surface area contributed by atoms with Gasteiger partial charge in [0.05, 0.1) is 0 Å². The number of rotatable bonds is 6. The summed E-state index contributed by atoms with van der Waals surface area (Å²) in [5, 5.41) is 9.76. The fraction of sp³-hybridized carbons (Fsp3) is 0.333. The number of hydrogen-bond donors (Lipinski definition) is 1. The van der Waals surface area contributed by atoms with E-state index in [0.717, 1.165) is 28.2 Å². The number of ether oxygens (including phenoxy) is 2. The Morgan fingerprint density at radius 3 is 2.55 bits per heavy atom. The van der Waals surface area contributed by atoms with E-state index in [2.05, 4.69) is 19.1 Å². The van der Waals surface area contributed by atoms with Crippen molar-refractivity contribution in [3.05, 3.63) is 52.6 Å². The molecule has 0 saturated carbocycles. The molecule has 0 saturated heterocycles. The van der Waals surface area contributed by atoms with Crippen LogP contribution in [0.2, 0.25) is 0 Å². The monoisotopic (exact) mass is 318 g/mol. The highest BCUT2D eigenvalue weighted by molar-refractivity contribution is 7.98. The average Bonchev–Trinajstić information content (AvgIpc) is 2.54. The molecular formula is C18H22O3S. The van der Waals surface area contributed by atoms with Crippen molar-refractivity contribution in [2.24, 2.45) is 0 Å². The normalized spacial score (nSPS) is 10.7. The summed E-state index contributed by atoms with van der Waals surface area (Å²) in [5.74, 6) is 1.20. The van der Waals surface area contributed by atoms with E-state index in [1.165, 1.54) is 11.1 Å². The predicted molar refractivity (Wildman–Crippen MR) is 91.1 cm³/mol. The number of hydrogen-bond acceptors (Lipinski definition) is 4. The number of phenolic OH excluding ortho intramolecular Hbond substituents is 1. The van der Waals surface area contributed by atoms with Crippen LogP contribution in [0.15, 0.2) is 35.2 Å². The molecule has 0 unspecified atom stereocenters. The fourth-order valence-electron chi connectivity index (χ4n) is 2.34. The Morgan fingerprint density at radius 2 is 1.86 bits per heavy atom. The van der Waals surface area contributed by atoms with Gasteiger partial charge < -0.3 is 14.6 Å². The van der Waals surface area contributed by atoms with Gasteiger partial charge in [-0.2, -0.15) is 0 Å². The molecule has 0 heterocycles. The van der Waals surface area contributed by atoms with Gasteiger partial charge in [0.15, 0.2) is 6.79 Å². The highest BCUT2D eigenvalue weighted by atomic mass is 32.2. The van der Waals surface area contributed by atoms with Crippen molar-refractivity contribution in [1.29, 1.82) is 0 Å². The van der Waals surface area contributed by atoms with E-state index >= 15 is 0 Å². The molecule has 0 aliphatic carbocycles. The number of aromatic hydroxyl groups is 1. The summed E-state index contributed by atoms with van der Waals surface area (Å²) in [6.07, 6.45) is 2.87. The first kappa shape index (κ1) is 16.7. The molecule has 2 aromatic carbocycles. The Bertz CT molecular complexity index is 653. The highest BCUT2D eigenvalue weighted by Gasteiger charge is 2.09. The minimum absolute atomic E-state index is 0.253. The van der Waals surface area contributed by atoms with Crippen LogP contribution in [0, 0.1) is 13.8 Å². The van der Waals surface area contributed by atoms with Crippen LogP contribution in [0.3, 0.4) is 0 Å². The number of methoxy groups -OCH3 is 1. The third-order valence-corrected chi connectivity index (χ3v) is 4.58. The maximum atomic E-state index is 9.76. The SMILES string of the molecule is COCOc1ccc(Cc2ccc(O)c(C)c2C)cc1SC. The lowest BCUT2D eigenvalue weighted by Gasteiger charge is -2.13. The molecule has 118 valence electrons. The molecule has 0 atom stereocenters. The molecule has 3 nitrogen and oxygen atoms in total. The summed E-state index contributed by atoms with van der Waals surface area (Å²) in [6, 6.07) is 9.97. The zero-order chi connectivity index (χ0) is 16.1. The van der Waals surface area contributed by atoms with Gasteiger partial charge in [0.1, 0.15) is 11.5 Å². The van der Waals surface area contributed by atoms with Crippen molar-refractivity contribution in [2.45, 2.75) is 25.2 Å². The Morgan fingerprint density at radius 1 is 1.09 bits per heavy atom. The Labute approximate surface area is 136 Å². The maximum absolute atomic E-state index is 9.76. The molecule has 0 fully saturated rings. The van der Waals surface area contributed by atoms with Crippen LogP contribution in [0.5, 0.6) is 11.5 Å². The zero-order valence-electron chi connectivity index (χ0n) is 13.5. The molecule has 0 radical (unpaired) electrons. The molecule has 2 aromatic rings. The molecular weight excluding hydrogens is 296 g/mol. The fourth-order valence-corrected chi connectivity index (χ4v) is 2.93. The average molecular weight is 318 g/mol. The Hall–Kier alpha value is -1.65. The molecule has 0 aliphatic rings. The first-order valence-electron chi connectivity index (χ1n) is 7.13. The molecule has 1 N–H and O–H groups in total. The van der Waals surface area contributed by atoms with Crippen molar-refractivity contribution in [3.63, 3.8) is 0 Å². The lowest BCUT2D eigenvalue weighted by Crippen LogP contribution is -2.01. The Balaban J connectivity index is 2.25. The summed E-state index contributed by atoms with van der Waals surface area (Å²) < 4.78 is 10.5. The van der Waals surface area contributed by atoms with Crippen molar-refractivity contribution in [1.82, 2.24) is 0 Å². The predicted octanol–water partition coefficient (Wildman–Crippen LogP) is 4.30. The van der Waals surface area contributed by atoms with Crippen molar-refractivity contribution >= 4 is 11.8 Å². The summed E-state index contributed by atoms with van der Waals surface area (Å²) in [7, 11) is 1.61. The Kier molecular flexibility index (Phi) is 5.75. The van der Waals surface area contributed by atoms with Crippen LogP contribution in [-0.4, -0.2) is 25.3 Å². The second-order valence-corrected chi connectivity index (χ2v) is 6.05. The van der Waals surface area contributed by atoms with Gasteiger partial charge in [0, 0.05) is 12.0 Å². The van der Waals surface area contributed by atoms with Gasteiger partial charge in [-0.05, 0) is 67.0 Å². The zero-order valence-corrected chi connectivity index (χ0v) is 14.3. The van der Waals surface area contributed by atoms with Crippen LogP contribution < -0.4 is 4.74 Å². The van der Waals surface area contributed by atoms with E-state index < -0.39 is 0 Å². The van der Waals surface area contributed by atoms with Gasteiger partial charge in [0.2, 0.25) is 0 Å². The molecule has 2 rings (SSSR count). The number of phenols is 1. The summed E-state index contributed by atoms with van der Waals surface area (Å²) >= 11 is 1.66. The quantitative estimate of drug-likeness (QED) is 0.636. The summed E-state index contributed by atoms with van der Waals surface area (Å²) in [5.41, 5.74) is 4.54. The smallest absolute Gasteiger partial charge is 0.188 e. The van der Waals surface area contributed by atoms with Crippen LogP contribution in [0.4, 0.5) is 0 Å². The van der Waals surface area contributed by atoms with E-state index in [9.17, 15) is 5.11 Å². The van der Waals surface area contributed by atoms with Gasteiger partial charge in [0.25, 0.3) is 0 Å².